The van der Waals surface area contributed by atoms with E-state index in [-0.39, 0.29) is 5.56 Å². The topological polar surface area (TPSA) is 22.0 Å². The fourth-order valence-corrected chi connectivity index (χ4v) is 2.41. The van der Waals surface area contributed by atoms with E-state index in [2.05, 4.69) is 12.6 Å². The molecule has 0 saturated carbocycles. The van der Waals surface area contributed by atoms with Gasteiger partial charge < -0.3 is 0 Å². The van der Waals surface area contributed by atoms with Crippen molar-refractivity contribution in [3.05, 3.63) is 71.0 Å². The van der Waals surface area contributed by atoms with E-state index in [0.717, 1.165) is 16.6 Å². The number of aromatic nitrogens is 1. The highest BCUT2D eigenvalue weighted by Crippen LogP contribution is 2.21. The van der Waals surface area contributed by atoms with Crippen molar-refractivity contribution < 1.29 is 0 Å². The molecule has 0 unspecified atom stereocenters. The van der Waals surface area contributed by atoms with Gasteiger partial charge in [0.25, 0.3) is 5.56 Å². The largest absolute Gasteiger partial charge is 0.277 e. The molecule has 0 amide bonds. The van der Waals surface area contributed by atoms with Crippen molar-refractivity contribution in [2.24, 2.45) is 0 Å². The fraction of sp³-hybridized carbons (Fsp3) is 0. The van der Waals surface area contributed by atoms with E-state index < -0.39 is 0 Å². The summed E-state index contributed by atoms with van der Waals surface area (Å²) in [5, 5.41) is 0.976. The maximum Gasteiger partial charge on any atom is 0.256 e. The number of hydrogen-bond donors (Lipinski definition) is 1. The van der Waals surface area contributed by atoms with Gasteiger partial charge in [-0.15, -0.1) is 12.6 Å². The molecule has 0 atom stereocenters. The lowest BCUT2D eigenvalue weighted by molar-refractivity contribution is 1.03. The molecule has 0 aliphatic carbocycles. The van der Waals surface area contributed by atoms with Crippen LogP contribution in [0.3, 0.4) is 0 Å². The zero-order chi connectivity index (χ0) is 12.5. The van der Waals surface area contributed by atoms with Crippen LogP contribution in [0.25, 0.3) is 16.6 Å². The molecule has 2 nitrogen and oxygen atoms in total. The molecule has 0 spiro atoms. The molecule has 1 aromatic heterocycles. The van der Waals surface area contributed by atoms with E-state index >= 15 is 0 Å². The van der Waals surface area contributed by atoms with Crippen LogP contribution in [-0.2, 0) is 0 Å². The second-order valence-corrected chi connectivity index (χ2v) is 4.54. The summed E-state index contributed by atoms with van der Waals surface area (Å²) < 4.78 is 1.70. The first-order valence-corrected chi connectivity index (χ1v) is 6.11. The Balaban J connectivity index is 2.46. The van der Waals surface area contributed by atoms with Crippen LogP contribution in [0.15, 0.2) is 70.4 Å². The van der Waals surface area contributed by atoms with Crippen molar-refractivity contribution >= 4 is 23.5 Å². The summed E-state index contributed by atoms with van der Waals surface area (Å²) >= 11 is 4.37. The first-order chi connectivity index (χ1) is 8.77. The van der Waals surface area contributed by atoms with Crippen molar-refractivity contribution in [3.63, 3.8) is 0 Å². The minimum atomic E-state index is -0.0649. The molecule has 0 bridgehead atoms. The molecule has 3 rings (SSSR count). The zero-order valence-corrected chi connectivity index (χ0v) is 10.5. The maximum atomic E-state index is 12.2. The normalized spacial score (nSPS) is 10.7. The molecule has 0 saturated heterocycles. The molecule has 0 aliphatic rings. The van der Waals surface area contributed by atoms with E-state index in [0.29, 0.717) is 4.90 Å². The molecule has 88 valence electrons. The second-order valence-electron chi connectivity index (χ2n) is 4.06. The maximum absolute atomic E-state index is 12.2. The van der Waals surface area contributed by atoms with Gasteiger partial charge in [-0.25, -0.2) is 0 Å². The summed E-state index contributed by atoms with van der Waals surface area (Å²) in [6.07, 6.45) is 0. The summed E-state index contributed by atoms with van der Waals surface area (Å²) in [6, 6.07) is 19.0. The Morgan fingerprint density at radius 1 is 0.889 bits per heavy atom. The third-order valence-electron chi connectivity index (χ3n) is 2.92. The highest BCUT2D eigenvalue weighted by molar-refractivity contribution is 7.80. The molecular weight excluding hydrogens is 242 g/mol. The zero-order valence-electron chi connectivity index (χ0n) is 9.58. The number of para-hydroxylation sites is 2. The highest BCUT2D eigenvalue weighted by Gasteiger charge is 2.07. The molecule has 18 heavy (non-hydrogen) atoms. The molecule has 0 fully saturated rings. The Morgan fingerprint density at radius 2 is 1.56 bits per heavy atom. The Morgan fingerprint density at radius 3 is 2.33 bits per heavy atom. The molecule has 0 N–H and O–H groups in total. The number of nitrogens with zero attached hydrogens (tertiary/aromatic N) is 1. The fourth-order valence-electron chi connectivity index (χ4n) is 2.11. The number of pyridine rings is 1. The molecule has 3 heteroatoms. The van der Waals surface area contributed by atoms with Crippen LogP contribution in [-0.4, -0.2) is 4.57 Å². The van der Waals surface area contributed by atoms with Crippen molar-refractivity contribution in [2.45, 2.75) is 4.90 Å². The monoisotopic (exact) mass is 253 g/mol. The lowest BCUT2D eigenvalue weighted by Crippen LogP contribution is -2.17. The number of thiol groups is 1. The number of benzene rings is 2. The minimum Gasteiger partial charge on any atom is -0.277 e. The van der Waals surface area contributed by atoms with Crippen molar-refractivity contribution in [3.8, 4) is 5.69 Å². The van der Waals surface area contributed by atoms with Gasteiger partial charge in [0.15, 0.2) is 0 Å². The average Bonchev–Trinajstić information content (AvgIpc) is 2.40. The summed E-state index contributed by atoms with van der Waals surface area (Å²) in [5.74, 6) is 0. The van der Waals surface area contributed by atoms with Gasteiger partial charge in [0.2, 0.25) is 0 Å². The molecule has 0 radical (unpaired) electrons. The first-order valence-electron chi connectivity index (χ1n) is 5.66. The van der Waals surface area contributed by atoms with Crippen LogP contribution in [0.2, 0.25) is 0 Å². The van der Waals surface area contributed by atoms with E-state index in [1.165, 1.54) is 0 Å². The van der Waals surface area contributed by atoms with Crippen LogP contribution >= 0.6 is 12.6 Å². The predicted octanol–water partition coefficient (Wildman–Crippen LogP) is 3.28. The van der Waals surface area contributed by atoms with Gasteiger partial charge in [-0.2, -0.15) is 0 Å². The van der Waals surface area contributed by atoms with Gasteiger partial charge >= 0.3 is 0 Å². The Kier molecular flexibility index (Phi) is 2.68. The van der Waals surface area contributed by atoms with Gasteiger partial charge in [-0.1, -0.05) is 36.4 Å². The molecule has 2 aromatic carbocycles. The molecule has 3 aromatic rings. The second kappa shape index (κ2) is 4.35. The third-order valence-corrected chi connectivity index (χ3v) is 3.29. The highest BCUT2D eigenvalue weighted by atomic mass is 32.1. The van der Waals surface area contributed by atoms with Crippen LogP contribution in [0.4, 0.5) is 0 Å². The van der Waals surface area contributed by atoms with Crippen molar-refractivity contribution in [1.82, 2.24) is 4.57 Å². The minimum absolute atomic E-state index is 0.0649. The molecule has 0 aliphatic heterocycles. The average molecular weight is 253 g/mol. The molecular formula is C15H11NOS. The lowest BCUT2D eigenvalue weighted by Gasteiger charge is -2.11. The van der Waals surface area contributed by atoms with Gasteiger partial charge in [-0.3, -0.25) is 9.36 Å². The Bertz CT molecular complexity index is 762. The summed E-state index contributed by atoms with van der Waals surface area (Å²) in [5.41, 5.74) is 1.68. The Labute approximate surface area is 110 Å². The van der Waals surface area contributed by atoms with Gasteiger partial charge in [0.05, 0.1) is 5.52 Å². The van der Waals surface area contributed by atoms with Crippen LogP contribution < -0.4 is 5.56 Å². The Hall–Kier alpha value is -2.00. The van der Waals surface area contributed by atoms with E-state index in [4.69, 9.17) is 0 Å². The number of hydrogen-bond acceptors (Lipinski definition) is 2. The van der Waals surface area contributed by atoms with Crippen LogP contribution in [0.5, 0.6) is 0 Å². The van der Waals surface area contributed by atoms with Crippen LogP contribution in [0, 0.1) is 0 Å². The van der Waals surface area contributed by atoms with Gasteiger partial charge in [-0.05, 0) is 18.2 Å². The summed E-state index contributed by atoms with van der Waals surface area (Å²) in [7, 11) is 0. The van der Waals surface area contributed by atoms with E-state index in [1.807, 2.05) is 54.6 Å². The number of rotatable bonds is 1. The van der Waals surface area contributed by atoms with E-state index in [1.54, 1.807) is 10.6 Å². The predicted molar refractivity (Wildman–Crippen MR) is 76.8 cm³/mol. The summed E-state index contributed by atoms with van der Waals surface area (Å²) in [4.78, 5) is 12.9. The smallest absolute Gasteiger partial charge is 0.256 e. The standard InChI is InChI=1S/C15H11NOS/c17-15-10-14(18)12-8-4-5-9-13(12)16(15)11-6-2-1-3-7-11/h1-10,18H. The van der Waals surface area contributed by atoms with Gasteiger partial charge in [0.1, 0.15) is 0 Å². The summed E-state index contributed by atoms with van der Waals surface area (Å²) in [6.45, 7) is 0. The van der Waals surface area contributed by atoms with Crippen molar-refractivity contribution in [1.29, 1.82) is 0 Å². The lowest BCUT2D eigenvalue weighted by atomic mass is 10.2. The van der Waals surface area contributed by atoms with Gasteiger partial charge in [0, 0.05) is 22.0 Å². The van der Waals surface area contributed by atoms with E-state index in [9.17, 15) is 4.79 Å². The number of fused-ring (bicyclic) bond motifs is 1. The first kappa shape index (κ1) is 11.1. The third kappa shape index (κ3) is 1.73. The van der Waals surface area contributed by atoms with Crippen LogP contribution in [0.1, 0.15) is 0 Å². The SMILES string of the molecule is O=c1cc(S)c2ccccc2n1-c1ccccc1. The quantitative estimate of drug-likeness (QED) is 0.660. The van der Waals surface area contributed by atoms with Crippen molar-refractivity contribution in [2.75, 3.05) is 0 Å². The molecule has 1 heterocycles.